The maximum absolute atomic E-state index is 4.74. The number of aromatic nitrogens is 7. The Morgan fingerprint density at radius 2 is 0.452 bits per heavy atom. The molecule has 24 aromatic rings. The van der Waals surface area contributed by atoms with Gasteiger partial charge in [-0.1, -0.05) is 369 Å². The fourth-order valence-electron chi connectivity index (χ4n) is 22.8. The number of fused-ring (bicyclic) bond motifs is 18. The van der Waals surface area contributed by atoms with E-state index in [-0.39, 0.29) is 16.2 Å². The van der Waals surface area contributed by atoms with Crippen molar-refractivity contribution in [2.75, 3.05) is 0 Å². The maximum Gasteiger partial charge on any atom is 0.163 e. The lowest BCUT2D eigenvalue weighted by atomic mass is 9.81. The van der Waals surface area contributed by atoms with Crippen LogP contribution in [0.2, 0.25) is 0 Å². The van der Waals surface area contributed by atoms with E-state index in [1.807, 2.05) is 24.7 Å². The van der Waals surface area contributed by atoms with Crippen molar-refractivity contribution >= 4 is 97.0 Å². The fourth-order valence-corrected chi connectivity index (χ4v) is 22.8. The summed E-state index contributed by atoms with van der Waals surface area (Å²) in [5, 5.41) is 21.8. The van der Waals surface area contributed by atoms with Gasteiger partial charge in [0, 0.05) is 57.1 Å². The van der Waals surface area contributed by atoms with Gasteiger partial charge in [0.15, 0.2) is 5.82 Å². The van der Waals surface area contributed by atoms with Gasteiger partial charge in [-0.25, -0.2) is 34.9 Å². The summed E-state index contributed by atoms with van der Waals surface area (Å²) in [5.74, 6) is 0.681. The van der Waals surface area contributed by atoms with Crippen LogP contribution in [-0.4, -0.2) is 34.9 Å². The molecule has 636 valence electrons. The Balaban J connectivity index is 0.000000108. The summed E-state index contributed by atoms with van der Waals surface area (Å²) in [6, 6.07) is 143. The molecule has 21 aromatic carbocycles. The number of hydrogen-bond acceptors (Lipinski definition) is 7. The Bertz CT molecular complexity index is 8200. The van der Waals surface area contributed by atoms with Crippen LogP contribution in [-0.2, 0) is 16.2 Å². The number of rotatable bonds is 9. The average molecular weight is 1730 g/mol. The van der Waals surface area contributed by atoms with E-state index >= 15 is 0 Å². The molecule has 0 saturated heterocycles. The standard InChI is InChI=1S/2C43H30N2.C42H29N3/c1-43(2)39-14-8-7-11-33(39)37-23-31(18-20-40(37)43)41-34-12-5-6-13-35(34)42(32-24-44-26-45-25-32)36-19-17-30(22-38(36)41)29-16-15-27-9-3-4-10-28(27)21-29;1-43(2)38-14-8-7-11-32(38)36-25-31(18-20-39(36)43)41-33-12-5-6-13-34(33)42(40-21-22-44-26-45-40)35-19-17-30(24-37(35)41)29-16-15-27-9-3-4-10-28(27)23-29;1-42(2)37-14-8-7-11-31(37)35-23-30(18-20-38(35)42)39-32-12-5-6-13-33(32)40(41-44-24-43-25-45-41)34-19-17-29(22-36(34)39)28-16-15-26-9-3-4-10-27(26)21-28/h2*3-26H,1-2H3;3-25H,1-2H3. The molecule has 3 aromatic heterocycles. The molecule has 135 heavy (non-hydrogen) atoms. The predicted molar refractivity (Wildman–Crippen MR) is 563 cm³/mol. The highest BCUT2D eigenvalue weighted by molar-refractivity contribution is 6.25. The van der Waals surface area contributed by atoms with Crippen molar-refractivity contribution in [2.45, 2.75) is 57.8 Å². The Morgan fingerprint density at radius 3 is 0.830 bits per heavy atom. The van der Waals surface area contributed by atoms with Gasteiger partial charge in [0.2, 0.25) is 0 Å². The highest BCUT2D eigenvalue weighted by Crippen LogP contribution is 2.57. The van der Waals surface area contributed by atoms with Gasteiger partial charge in [-0.3, -0.25) is 0 Å². The van der Waals surface area contributed by atoms with Gasteiger partial charge in [-0.15, -0.1) is 0 Å². The average Bonchev–Trinajstić information content (AvgIpc) is 0.940. The molecule has 3 heterocycles. The molecule has 7 nitrogen and oxygen atoms in total. The van der Waals surface area contributed by atoms with Crippen molar-refractivity contribution in [2.24, 2.45) is 0 Å². The van der Waals surface area contributed by atoms with Gasteiger partial charge < -0.3 is 0 Å². The van der Waals surface area contributed by atoms with E-state index in [4.69, 9.17) is 4.98 Å². The van der Waals surface area contributed by atoms with Crippen molar-refractivity contribution < 1.29 is 0 Å². The second-order valence-electron chi connectivity index (χ2n) is 37.8. The molecule has 0 unspecified atom stereocenters. The van der Waals surface area contributed by atoms with Crippen LogP contribution in [0.3, 0.4) is 0 Å². The molecule has 0 atom stereocenters. The molecule has 0 fully saturated rings. The number of nitrogens with zero attached hydrogens (tertiary/aromatic N) is 7. The summed E-state index contributed by atoms with van der Waals surface area (Å²) in [6.45, 7) is 14.0. The van der Waals surface area contributed by atoms with Crippen LogP contribution in [0.15, 0.2) is 432 Å². The molecular weight excluding hydrogens is 1640 g/mol. The Hall–Kier alpha value is -16.9. The quantitative estimate of drug-likeness (QED) is 0.133. The van der Waals surface area contributed by atoms with Crippen molar-refractivity contribution in [3.8, 4) is 134 Å². The van der Waals surface area contributed by atoms with Crippen LogP contribution < -0.4 is 0 Å². The summed E-state index contributed by atoms with van der Waals surface area (Å²) < 4.78 is 0. The van der Waals surface area contributed by atoms with Crippen LogP contribution in [0.1, 0.15) is 74.9 Å². The Morgan fingerprint density at radius 1 is 0.170 bits per heavy atom. The number of hydrogen-bond donors (Lipinski definition) is 0. The number of benzene rings is 21. The van der Waals surface area contributed by atoms with Crippen molar-refractivity contribution in [3.63, 3.8) is 0 Å². The summed E-state index contributed by atoms with van der Waals surface area (Å²) >= 11 is 0. The predicted octanol–water partition coefficient (Wildman–Crippen LogP) is 33.1. The molecule has 0 spiro atoms. The third-order valence-corrected chi connectivity index (χ3v) is 29.3. The minimum absolute atomic E-state index is 0.0327. The molecule has 0 bridgehead atoms. The van der Waals surface area contributed by atoms with E-state index < -0.39 is 0 Å². The smallest absolute Gasteiger partial charge is 0.163 e. The molecule has 27 rings (SSSR count). The molecule has 7 heteroatoms. The molecular formula is C128H89N7. The zero-order valence-electron chi connectivity index (χ0n) is 75.6. The maximum atomic E-state index is 4.74. The Labute approximate surface area is 783 Å². The third kappa shape index (κ3) is 13.2. The lowest BCUT2D eigenvalue weighted by Gasteiger charge is -2.22. The largest absolute Gasteiger partial charge is 0.245 e. The van der Waals surface area contributed by atoms with Gasteiger partial charge in [-0.05, 0) is 291 Å². The molecule has 0 saturated carbocycles. The topological polar surface area (TPSA) is 90.2 Å². The van der Waals surface area contributed by atoms with Crippen molar-refractivity contribution in [1.29, 1.82) is 0 Å². The van der Waals surface area contributed by atoms with Gasteiger partial charge in [-0.2, -0.15) is 0 Å². The first-order valence-corrected chi connectivity index (χ1v) is 46.5. The first-order chi connectivity index (χ1) is 66.2. The molecule has 0 amide bonds. The van der Waals surface area contributed by atoms with Gasteiger partial charge in [0.1, 0.15) is 25.3 Å². The molecule has 3 aliphatic rings. The highest BCUT2D eigenvalue weighted by atomic mass is 15.0. The van der Waals surface area contributed by atoms with Gasteiger partial charge in [0.25, 0.3) is 0 Å². The van der Waals surface area contributed by atoms with E-state index in [9.17, 15) is 0 Å². The minimum atomic E-state index is -0.0413. The lowest BCUT2D eigenvalue weighted by Crippen LogP contribution is -2.14. The normalized spacial score (nSPS) is 13.3. The molecule has 0 radical (unpaired) electrons. The summed E-state index contributed by atoms with van der Waals surface area (Å²) in [6.07, 6.45) is 12.1. The molecule has 0 aliphatic heterocycles. The minimum Gasteiger partial charge on any atom is -0.245 e. The van der Waals surface area contributed by atoms with Gasteiger partial charge >= 0.3 is 0 Å². The van der Waals surface area contributed by atoms with E-state index in [0.717, 1.165) is 33.2 Å². The first-order valence-electron chi connectivity index (χ1n) is 46.5. The highest BCUT2D eigenvalue weighted by Gasteiger charge is 2.39. The summed E-state index contributed by atoms with van der Waals surface area (Å²) in [4.78, 5) is 31.2. The zero-order valence-corrected chi connectivity index (χ0v) is 75.6. The molecule has 3 aliphatic carbocycles. The van der Waals surface area contributed by atoms with Crippen LogP contribution in [0, 0.1) is 0 Å². The monoisotopic (exact) mass is 1720 g/mol. The SMILES string of the molecule is CC1(C)c2ccccc2-c2cc(-c3c4ccccc4c(-c4ccncn4)c4ccc(-c5ccc6ccccc6c5)cc34)ccc21.CC1(C)c2ccccc2-c2cc(-c3c4ccccc4c(-c4cncnc4)c4ccc(-c5ccc6ccccc6c5)cc34)ccc21.CC1(C)c2ccccc2-c2cc(-c3c4ccccc4c(-c4ncncn4)c4ccc(-c5ccc6ccccc6c5)cc34)ccc21. The lowest BCUT2D eigenvalue weighted by molar-refractivity contribution is 0.660. The van der Waals surface area contributed by atoms with Crippen LogP contribution >= 0.6 is 0 Å². The zero-order chi connectivity index (χ0) is 90.4. The summed E-state index contributed by atoms with van der Waals surface area (Å²) in [5.41, 5.74) is 36.1. The Kier molecular flexibility index (Phi) is 18.9. The van der Waals surface area contributed by atoms with Crippen LogP contribution in [0.5, 0.6) is 0 Å². The van der Waals surface area contributed by atoms with E-state index in [2.05, 4.69) is 454 Å². The van der Waals surface area contributed by atoms with E-state index in [1.165, 1.54) is 225 Å². The van der Waals surface area contributed by atoms with E-state index in [1.54, 1.807) is 25.3 Å². The third-order valence-electron chi connectivity index (χ3n) is 29.3. The fraction of sp³-hybridized carbons (Fsp3) is 0.0703. The van der Waals surface area contributed by atoms with Crippen LogP contribution in [0.25, 0.3) is 231 Å². The summed E-state index contributed by atoms with van der Waals surface area (Å²) in [7, 11) is 0. The van der Waals surface area contributed by atoms with E-state index in [0.29, 0.717) is 5.82 Å². The van der Waals surface area contributed by atoms with Crippen LogP contribution in [0.4, 0.5) is 0 Å². The van der Waals surface area contributed by atoms with Crippen molar-refractivity contribution in [1.82, 2.24) is 34.9 Å². The first kappa shape index (κ1) is 80.2. The molecule has 0 N–H and O–H groups in total. The second kappa shape index (κ2) is 31.7. The van der Waals surface area contributed by atoms with Gasteiger partial charge in [0.05, 0.1) is 5.69 Å². The van der Waals surface area contributed by atoms with Crippen molar-refractivity contribution in [3.05, 3.63) is 466 Å². The second-order valence-corrected chi connectivity index (χ2v) is 37.8.